The predicted octanol–water partition coefficient (Wildman–Crippen LogP) is 4.95. The van der Waals surface area contributed by atoms with Crippen molar-refractivity contribution in [2.24, 2.45) is 0 Å². The molecule has 1 saturated carbocycles. The number of anilines is 1. The molecule has 0 aromatic heterocycles. The van der Waals surface area contributed by atoms with Crippen molar-refractivity contribution in [3.8, 4) is 17.2 Å². The summed E-state index contributed by atoms with van der Waals surface area (Å²) in [6.45, 7) is 0. The van der Waals surface area contributed by atoms with Crippen LogP contribution in [0.5, 0.6) is 0 Å². The molecule has 1 aliphatic heterocycles. The average Bonchev–Trinajstić information content (AvgIpc) is 2.62. The number of nitrogens with zero attached hydrogens (tertiary/aromatic N) is 1. The van der Waals surface area contributed by atoms with Gasteiger partial charge in [0.05, 0.1) is 17.3 Å². The Morgan fingerprint density at radius 3 is 2.67 bits per heavy atom. The quantitative estimate of drug-likeness (QED) is 0.809. The molecule has 4 heteroatoms. The van der Waals surface area contributed by atoms with Crippen LogP contribution >= 0.6 is 0 Å². The molecular weight excluding hydrogens is 300 g/mol. The van der Waals surface area contributed by atoms with Crippen molar-refractivity contribution in [2.45, 2.75) is 37.7 Å². The summed E-state index contributed by atoms with van der Waals surface area (Å²) in [6.07, 6.45) is 4.65. The van der Waals surface area contributed by atoms with Crippen molar-refractivity contribution < 1.29 is 9.53 Å². The number of amides is 1. The monoisotopic (exact) mass is 318 g/mol. The molecule has 0 saturated heterocycles. The zero-order valence-electron chi connectivity index (χ0n) is 13.3. The van der Waals surface area contributed by atoms with Gasteiger partial charge in [-0.25, -0.2) is 4.79 Å². The molecule has 1 aliphatic carbocycles. The Labute approximate surface area is 141 Å². The molecule has 4 rings (SSSR count). The van der Waals surface area contributed by atoms with Gasteiger partial charge >= 0.3 is 6.09 Å². The van der Waals surface area contributed by atoms with Crippen LogP contribution in [0, 0.1) is 11.3 Å². The van der Waals surface area contributed by atoms with E-state index in [0.717, 1.165) is 48.1 Å². The maximum Gasteiger partial charge on any atom is 0.412 e. The van der Waals surface area contributed by atoms with Gasteiger partial charge in [0, 0.05) is 5.56 Å². The molecule has 0 radical (unpaired) electrons. The van der Waals surface area contributed by atoms with Crippen LogP contribution in [-0.4, -0.2) is 6.09 Å². The number of hydrogen-bond acceptors (Lipinski definition) is 3. The van der Waals surface area contributed by atoms with Crippen molar-refractivity contribution in [2.75, 3.05) is 5.32 Å². The molecule has 120 valence electrons. The maximum absolute atomic E-state index is 12.0. The number of rotatable bonds is 1. The van der Waals surface area contributed by atoms with Crippen LogP contribution in [0.1, 0.15) is 43.2 Å². The van der Waals surface area contributed by atoms with Crippen molar-refractivity contribution in [3.05, 3.63) is 53.6 Å². The number of nitrogens with one attached hydrogen (secondary N) is 1. The minimum Gasteiger partial charge on any atom is -0.438 e. The van der Waals surface area contributed by atoms with Crippen LogP contribution in [-0.2, 0) is 10.3 Å². The van der Waals surface area contributed by atoms with Crippen molar-refractivity contribution in [1.29, 1.82) is 5.26 Å². The summed E-state index contributed by atoms with van der Waals surface area (Å²) in [5.41, 5.74) is 3.88. The topological polar surface area (TPSA) is 62.1 Å². The summed E-state index contributed by atoms with van der Waals surface area (Å²) in [7, 11) is 0. The Bertz CT molecular complexity index is 845. The smallest absolute Gasteiger partial charge is 0.412 e. The summed E-state index contributed by atoms with van der Waals surface area (Å²) in [6, 6.07) is 15.8. The number of fused-ring (bicyclic) bond motifs is 2. The SMILES string of the molecule is N#Cc1ccccc1-c1ccc2c(c1)C1(CCCCC1)OC(=O)N2. The third-order valence-corrected chi connectivity index (χ3v) is 5.05. The van der Waals surface area contributed by atoms with Crippen LogP contribution in [0.4, 0.5) is 10.5 Å². The number of hydrogen-bond donors (Lipinski definition) is 1. The van der Waals surface area contributed by atoms with E-state index in [0.29, 0.717) is 5.56 Å². The van der Waals surface area contributed by atoms with Gasteiger partial charge in [-0.2, -0.15) is 5.26 Å². The fraction of sp³-hybridized carbons (Fsp3) is 0.300. The number of carbonyl (C=O) groups excluding carboxylic acids is 1. The molecule has 4 nitrogen and oxygen atoms in total. The zero-order valence-corrected chi connectivity index (χ0v) is 13.3. The minimum absolute atomic E-state index is 0.366. The van der Waals surface area contributed by atoms with Gasteiger partial charge in [0.15, 0.2) is 0 Å². The Hall–Kier alpha value is -2.80. The second-order valence-electron chi connectivity index (χ2n) is 6.49. The Morgan fingerprint density at radius 2 is 1.88 bits per heavy atom. The molecule has 24 heavy (non-hydrogen) atoms. The highest BCUT2D eigenvalue weighted by molar-refractivity contribution is 5.90. The molecule has 1 spiro atoms. The van der Waals surface area contributed by atoms with Gasteiger partial charge in [-0.05, 0) is 55.0 Å². The van der Waals surface area contributed by atoms with E-state index in [-0.39, 0.29) is 6.09 Å². The largest absolute Gasteiger partial charge is 0.438 e. The molecular formula is C20H18N2O2. The van der Waals surface area contributed by atoms with Crippen LogP contribution < -0.4 is 5.32 Å². The molecule has 1 heterocycles. The van der Waals surface area contributed by atoms with Gasteiger partial charge in [0.25, 0.3) is 0 Å². The lowest BCUT2D eigenvalue weighted by Gasteiger charge is -2.41. The van der Waals surface area contributed by atoms with E-state index < -0.39 is 5.60 Å². The number of benzene rings is 2. The third-order valence-electron chi connectivity index (χ3n) is 5.05. The molecule has 0 bridgehead atoms. The lowest BCUT2D eigenvalue weighted by Crippen LogP contribution is -2.41. The first-order valence-electron chi connectivity index (χ1n) is 8.36. The molecule has 1 fully saturated rings. The van der Waals surface area contributed by atoms with Crippen molar-refractivity contribution >= 4 is 11.8 Å². The molecule has 2 aliphatic rings. The normalized spacial score (nSPS) is 18.2. The van der Waals surface area contributed by atoms with Crippen LogP contribution in [0.25, 0.3) is 11.1 Å². The first kappa shape index (κ1) is 14.8. The number of ether oxygens (including phenoxy) is 1. The Morgan fingerprint density at radius 1 is 1.08 bits per heavy atom. The van der Waals surface area contributed by atoms with E-state index >= 15 is 0 Å². The first-order valence-corrected chi connectivity index (χ1v) is 8.36. The molecule has 1 N–H and O–H groups in total. The van der Waals surface area contributed by atoms with Gasteiger partial charge in [0.1, 0.15) is 5.60 Å². The Kier molecular flexibility index (Phi) is 3.50. The number of carbonyl (C=O) groups is 1. The van der Waals surface area contributed by atoms with Crippen LogP contribution in [0.3, 0.4) is 0 Å². The van der Waals surface area contributed by atoms with Crippen LogP contribution in [0.15, 0.2) is 42.5 Å². The summed E-state index contributed by atoms with van der Waals surface area (Å²) in [5, 5.41) is 12.2. The van der Waals surface area contributed by atoms with Crippen LogP contribution in [0.2, 0.25) is 0 Å². The lowest BCUT2D eigenvalue weighted by atomic mass is 9.77. The van der Waals surface area contributed by atoms with E-state index in [9.17, 15) is 10.1 Å². The molecule has 0 atom stereocenters. The van der Waals surface area contributed by atoms with E-state index in [2.05, 4.69) is 17.5 Å². The summed E-state index contributed by atoms with van der Waals surface area (Å²) < 4.78 is 5.77. The highest BCUT2D eigenvalue weighted by atomic mass is 16.6. The van der Waals surface area contributed by atoms with Gasteiger partial charge in [-0.15, -0.1) is 0 Å². The lowest BCUT2D eigenvalue weighted by molar-refractivity contribution is -0.0179. The molecule has 2 aromatic rings. The minimum atomic E-state index is -0.520. The van der Waals surface area contributed by atoms with Crippen molar-refractivity contribution in [1.82, 2.24) is 0 Å². The third kappa shape index (κ3) is 2.33. The summed E-state index contributed by atoms with van der Waals surface area (Å²) >= 11 is 0. The summed E-state index contributed by atoms with van der Waals surface area (Å²) in [4.78, 5) is 12.0. The van der Waals surface area contributed by atoms with E-state index in [1.54, 1.807) is 0 Å². The highest BCUT2D eigenvalue weighted by Crippen LogP contribution is 2.47. The van der Waals surface area contributed by atoms with Gasteiger partial charge < -0.3 is 4.74 Å². The highest BCUT2D eigenvalue weighted by Gasteiger charge is 2.42. The standard InChI is InChI=1S/C20H18N2O2/c21-13-15-6-2-3-7-16(15)14-8-9-18-17(12-14)20(24-19(23)22-18)10-4-1-5-11-20/h2-3,6-9,12H,1,4-5,10-11H2,(H,22,23). The van der Waals surface area contributed by atoms with Gasteiger partial charge in [-0.1, -0.05) is 30.7 Å². The van der Waals surface area contributed by atoms with Crippen molar-refractivity contribution in [3.63, 3.8) is 0 Å². The second kappa shape index (κ2) is 5.68. The second-order valence-corrected chi connectivity index (χ2v) is 6.49. The summed E-state index contributed by atoms with van der Waals surface area (Å²) in [5.74, 6) is 0. The zero-order chi connectivity index (χ0) is 16.6. The number of nitriles is 1. The fourth-order valence-corrected chi connectivity index (χ4v) is 3.89. The predicted molar refractivity (Wildman–Crippen MR) is 91.5 cm³/mol. The van der Waals surface area contributed by atoms with E-state index in [1.807, 2.05) is 36.4 Å². The maximum atomic E-state index is 12.0. The average molecular weight is 318 g/mol. The van der Waals surface area contributed by atoms with Gasteiger partial charge in [0.2, 0.25) is 0 Å². The van der Waals surface area contributed by atoms with E-state index in [4.69, 9.17) is 4.74 Å². The Balaban J connectivity index is 1.86. The molecule has 2 aromatic carbocycles. The first-order chi connectivity index (χ1) is 11.7. The molecule has 0 unspecified atom stereocenters. The molecule has 1 amide bonds. The van der Waals surface area contributed by atoms with E-state index in [1.165, 1.54) is 6.42 Å². The fourth-order valence-electron chi connectivity index (χ4n) is 3.89. The van der Waals surface area contributed by atoms with Gasteiger partial charge in [-0.3, -0.25) is 5.32 Å².